The molecule has 1 aromatic heterocycles. The van der Waals surface area contributed by atoms with Crippen molar-refractivity contribution in [3.8, 4) is 0 Å². The molecule has 3 rings (SSSR count). The average Bonchev–Trinajstić information content (AvgIpc) is 2.86. The molecule has 3 atom stereocenters. The third-order valence-electron chi connectivity index (χ3n) is 4.51. The molecule has 0 bridgehead atoms. The second-order valence-corrected chi connectivity index (χ2v) is 5.93. The number of nitrogens with zero attached hydrogens (tertiary/aromatic N) is 3. The minimum Gasteiger partial charge on any atom is -0.391 e. The number of likely N-dealkylation sites (tertiary alicyclic amines) is 1. The van der Waals surface area contributed by atoms with Crippen LogP contribution in [0.1, 0.15) is 56.2 Å². The van der Waals surface area contributed by atoms with E-state index in [2.05, 4.69) is 15.0 Å². The lowest BCUT2D eigenvalue weighted by Crippen LogP contribution is -2.49. The minimum atomic E-state index is -0.156. The van der Waals surface area contributed by atoms with Crippen LogP contribution in [-0.2, 0) is 0 Å². The van der Waals surface area contributed by atoms with Crippen LogP contribution in [0, 0.1) is 6.92 Å². The quantitative estimate of drug-likeness (QED) is 0.884. The van der Waals surface area contributed by atoms with Gasteiger partial charge >= 0.3 is 0 Å². The van der Waals surface area contributed by atoms with Crippen LogP contribution >= 0.6 is 0 Å². The first kappa shape index (κ1) is 13.1. The summed E-state index contributed by atoms with van der Waals surface area (Å²) in [4.78, 5) is 6.81. The SMILES string of the molecule is Cc1noc(C2CCCN(C3CCCCC3O)C2)n1. The molecule has 0 amide bonds. The molecule has 1 saturated carbocycles. The van der Waals surface area contributed by atoms with Gasteiger partial charge < -0.3 is 9.63 Å². The summed E-state index contributed by atoms with van der Waals surface area (Å²) in [5.74, 6) is 1.82. The van der Waals surface area contributed by atoms with Gasteiger partial charge in [0, 0.05) is 12.6 Å². The molecule has 2 aliphatic rings. The number of hydrogen-bond donors (Lipinski definition) is 1. The molecule has 0 radical (unpaired) electrons. The van der Waals surface area contributed by atoms with Gasteiger partial charge in [-0.2, -0.15) is 4.98 Å². The monoisotopic (exact) mass is 265 g/mol. The Balaban J connectivity index is 1.67. The van der Waals surface area contributed by atoms with Crippen molar-refractivity contribution < 1.29 is 9.63 Å². The Morgan fingerprint density at radius 3 is 2.79 bits per heavy atom. The lowest BCUT2D eigenvalue weighted by Gasteiger charge is -2.41. The fourth-order valence-corrected chi connectivity index (χ4v) is 3.51. The smallest absolute Gasteiger partial charge is 0.231 e. The van der Waals surface area contributed by atoms with Gasteiger partial charge in [-0.05, 0) is 39.2 Å². The molecule has 3 unspecified atom stereocenters. The summed E-state index contributed by atoms with van der Waals surface area (Å²) in [6.45, 7) is 3.90. The first-order valence-corrected chi connectivity index (χ1v) is 7.46. The molecule has 1 aromatic rings. The van der Waals surface area contributed by atoms with Crippen LogP contribution in [0.2, 0.25) is 0 Å². The highest BCUT2D eigenvalue weighted by atomic mass is 16.5. The van der Waals surface area contributed by atoms with Gasteiger partial charge in [-0.25, -0.2) is 0 Å². The van der Waals surface area contributed by atoms with E-state index in [1.165, 1.54) is 6.42 Å². The summed E-state index contributed by atoms with van der Waals surface area (Å²) in [5, 5.41) is 14.1. The zero-order valence-electron chi connectivity index (χ0n) is 11.6. The number of piperidine rings is 1. The first-order chi connectivity index (χ1) is 9.24. The van der Waals surface area contributed by atoms with Crippen LogP contribution in [0.3, 0.4) is 0 Å². The number of hydrogen-bond acceptors (Lipinski definition) is 5. The zero-order valence-corrected chi connectivity index (χ0v) is 11.6. The van der Waals surface area contributed by atoms with Gasteiger partial charge in [0.05, 0.1) is 12.0 Å². The molecule has 2 fully saturated rings. The highest BCUT2D eigenvalue weighted by Gasteiger charge is 2.33. The van der Waals surface area contributed by atoms with Crippen molar-refractivity contribution in [2.45, 2.75) is 63.5 Å². The minimum absolute atomic E-state index is 0.156. The van der Waals surface area contributed by atoms with E-state index in [0.717, 1.165) is 51.1 Å². The van der Waals surface area contributed by atoms with Crippen molar-refractivity contribution in [3.05, 3.63) is 11.7 Å². The fourth-order valence-electron chi connectivity index (χ4n) is 3.51. The standard InChI is InChI=1S/C14H23N3O2/c1-10-15-14(19-16-10)11-5-4-8-17(9-11)12-6-2-3-7-13(12)18/h11-13,18H,2-9H2,1H3. The summed E-state index contributed by atoms with van der Waals surface area (Å²) in [5.41, 5.74) is 0. The van der Waals surface area contributed by atoms with E-state index >= 15 is 0 Å². The number of rotatable bonds is 2. The van der Waals surface area contributed by atoms with E-state index < -0.39 is 0 Å². The topological polar surface area (TPSA) is 62.4 Å². The van der Waals surface area contributed by atoms with Crippen molar-refractivity contribution in [1.29, 1.82) is 0 Å². The number of aromatic nitrogens is 2. The summed E-state index contributed by atoms with van der Waals surface area (Å²) < 4.78 is 5.32. The van der Waals surface area contributed by atoms with Crippen molar-refractivity contribution >= 4 is 0 Å². The van der Waals surface area contributed by atoms with Crippen LogP contribution in [0.15, 0.2) is 4.52 Å². The molecular formula is C14H23N3O2. The van der Waals surface area contributed by atoms with Crippen LogP contribution in [0.25, 0.3) is 0 Å². The Hall–Kier alpha value is -0.940. The molecule has 1 aliphatic carbocycles. The maximum absolute atomic E-state index is 10.2. The van der Waals surface area contributed by atoms with E-state index in [1.54, 1.807) is 0 Å². The Morgan fingerprint density at radius 2 is 2.05 bits per heavy atom. The van der Waals surface area contributed by atoms with Crippen molar-refractivity contribution in [3.63, 3.8) is 0 Å². The predicted molar refractivity (Wildman–Crippen MR) is 70.8 cm³/mol. The van der Waals surface area contributed by atoms with Gasteiger partial charge in [-0.15, -0.1) is 0 Å². The van der Waals surface area contributed by atoms with Gasteiger partial charge in [0.1, 0.15) is 0 Å². The summed E-state index contributed by atoms with van der Waals surface area (Å²) in [6, 6.07) is 0.334. The molecule has 1 saturated heterocycles. The van der Waals surface area contributed by atoms with Crippen LogP contribution in [0.4, 0.5) is 0 Å². The Kier molecular flexibility index (Phi) is 3.84. The largest absolute Gasteiger partial charge is 0.391 e. The summed E-state index contributed by atoms with van der Waals surface area (Å²) in [6.07, 6.45) is 6.58. The molecule has 106 valence electrons. The molecule has 0 spiro atoms. The molecule has 19 heavy (non-hydrogen) atoms. The Bertz CT molecular complexity index is 421. The third kappa shape index (κ3) is 2.82. The van der Waals surface area contributed by atoms with Crippen molar-refractivity contribution in [2.24, 2.45) is 0 Å². The van der Waals surface area contributed by atoms with E-state index in [9.17, 15) is 5.11 Å². The van der Waals surface area contributed by atoms with Crippen LogP contribution in [0.5, 0.6) is 0 Å². The Morgan fingerprint density at radius 1 is 1.21 bits per heavy atom. The fraction of sp³-hybridized carbons (Fsp3) is 0.857. The molecule has 5 nitrogen and oxygen atoms in total. The van der Waals surface area contributed by atoms with Crippen LogP contribution in [-0.4, -0.2) is 45.4 Å². The van der Waals surface area contributed by atoms with E-state index in [0.29, 0.717) is 17.8 Å². The molecule has 5 heteroatoms. The number of aryl methyl sites for hydroxylation is 1. The summed E-state index contributed by atoms with van der Waals surface area (Å²) in [7, 11) is 0. The molecule has 0 aromatic carbocycles. The highest BCUT2D eigenvalue weighted by molar-refractivity contribution is 4.98. The lowest BCUT2D eigenvalue weighted by atomic mass is 9.88. The number of aliphatic hydroxyl groups is 1. The molecule has 1 N–H and O–H groups in total. The van der Waals surface area contributed by atoms with Crippen molar-refractivity contribution in [2.75, 3.05) is 13.1 Å². The van der Waals surface area contributed by atoms with Crippen molar-refractivity contribution in [1.82, 2.24) is 15.0 Å². The molecule has 2 heterocycles. The van der Waals surface area contributed by atoms with Gasteiger partial charge in [0.15, 0.2) is 5.82 Å². The van der Waals surface area contributed by atoms with E-state index in [-0.39, 0.29) is 6.10 Å². The first-order valence-electron chi connectivity index (χ1n) is 7.46. The third-order valence-corrected chi connectivity index (χ3v) is 4.51. The Labute approximate surface area is 114 Å². The second kappa shape index (κ2) is 5.59. The maximum Gasteiger partial charge on any atom is 0.231 e. The average molecular weight is 265 g/mol. The van der Waals surface area contributed by atoms with Gasteiger partial charge in [0.2, 0.25) is 5.89 Å². The van der Waals surface area contributed by atoms with Gasteiger partial charge in [-0.1, -0.05) is 18.0 Å². The number of aliphatic hydroxyl groups excluding tert-OH is 1. The van der Waals surface area contributed by atoms with Gasteiger partial charge in [-0.3, -0.25) is 4.90 Å². The highest BCUT2D eigenvalue weighted by Crippen LogP contribution is 2.31. The van der Waals surface area contributed by atoms with Crippen LogP contribution < -0.4 is 0 Å². The normalized spacial score (nSPS) is 33.5. The van der Waals surface area contributed by atoms with Gasteiger partial charge in [0.25, 0.3) is 0 Å². The van der Waals surface area contributed by atoms with E-state index in [1.807, 2.05) is 6.92 Å². The zero-order chi connectivity index (χ0) is 13.2. The molecule has 1 aliphatic heterocycles. The van der Waals surface area contributed by atoms with E-state index in [4.69, 9.17) is 4.52 Å². The lowest BCUT2D eigenvalue weighted by molar-refractivity contribution is 0.00513. The molecular weight excluding hydrogens is 242 g/mol. The predicted octanol–water partition coefficient (Wildman–Crippen LogP) is 1.86. The maximum atomic E-state index is 10.2. The second-order valence-electron chi connectivity index (χ2n) is 5.93. The summed E-state index contributed by atoms with van der Waals surface area (Å²) >= 11 is 0.